The normalized spacial score (nSPS) is 13.6. The van der Waals surface area contributed by atoms with Crippen LogP contribution in [-0.4, -0.2) is 31.2 Å². The molecule has 0 N–H and O–H groups in total. The molecular formula is C21H17N5O2. The molecule has 0 spiro atoms. The lowest BCUT2D eigenvalue weighted by Crippen LogP contribution is -2.04. The van der Waals surface area contributed by atoms with Crippen molar-refractivity contribution in [1.82, 2.24) is 24.9 Å². The van der Waals surface area contributed by atoms with Gasteiger partial charge in [-0.1, -0.05) is 29.4 Å². The third-order valence-electron chi connectivity index (χ3n) is 4.88. The van der Waals surface area contributed by atoms with Crippen LogP contribution in [0.5, 0.6) is 0 Å². The minimum atomic E-state index is 0.420. The highest BCUT2D eigenvalue weighted by Crippen LogP contribution is 2.36. The fraction of sp³-hybridized carbons (Fsp3) is 0.190. The summed E-state index contributed by atoms with van der Waals surface area (Å²) in [6, 6.07) is 11.0. The van der Waals surface area contributed by atoms with Gasteiger partial charge < -0.3 is 4.52 Å². The monoisotopic (exact) mass is 371 g/mol. The Balaban J connectivity index is 1.55. The van der Waals surface area contributed by atoms with Gasteiger partial charge >= 0.3 is 0 Å². The van der Waals surface area contributed by atoms with E-state index in [-0.39, 0.29) is 0 Å². The Kier molecular flexibility index (Phi) is 4.05. The van der Waals surface area contributed by atoms with E-state index in [4.69, 9.17) is 4.52 Å². The minimum absolute atomic E-state index is 0.420. The minimum Gasteiger partial charge on any atom is -0.333 e. The second-order valence-corrected chi connectivity index (χ2v) is 6.93. The predicted molar refractivity (Wildman–Crippen MR) is 102 cm³/mol. The number of benzene rings is 1. The number of aromatic nitrogens is 5. The van der Waals surface area contributed by atoms with Crippen molar-refractivity contribution < 1.29 is 9.32 Å². The zero-order valence-electron chi connectivity index (χ0n) is 15.0. The highest BCUT2D eigenvalue weighted by molar-refractivity contribution is 5.78. The summed E-state index contributed by atoms with van der Waals surface area (Å²) >= 11 is 0. The van der Waals surface area contributed by atoms with Crippen molar-refractivity contribution in [3.8, 4) is 34.1 Å². The van der Waals surface area contributed by atoms with E-state index in [0.717, 1.165) is 35.2 Å². The molecule has 1 fully saturated rings. The predicted octanol–water partition coefficient (Wildman–Crippen LogP) is 3.88. The van der Waals surface area contributed by atoms with Gasteiger partial charge in [0, 0.05) is 35.6 Å². The number of aldehydes is 1. The van der Waals surface area contributed by atoms with E-state index in [9.17, 15) is 4.79 Å². The van der Waals surface area contributed by atoms with Crippen LogP contribution in [0, 0.1) is 5.92 Å². The second kappa shape index (κ2) is 6.84. The van der Waals surface area contributed by atoms with E-state index >= 15 is 0 Å². The van der Waals surface area contributed by atoms with E-state index in [0.29, 0.717) is 23.2 Å². The largest absolute Gasteiger partial charge is 0.333 e. The van der Waals surface area contributed by atoms with Crippen LogP contribution in [-0.2, 0) is 6.54 Å². The van der Waals surface area contributed by atoms with Crippen molar-refractivity contribution in [1.29, 1.82) is 0 Å². The van der Waals surface area contributed by atoms with Gasteiger partial charge in [-0.05, 0) is 30.9 Å². The summed E-state index contributed by atoms with van der Waals surface area (Å²) in [6.07, 6.45) is 8.60. The first-order valence-corrected chi connectivity index (χ1v) is 9.18. The Morgan fingerprint density at radius 2 is 1.86 bits per heavy atom. The Morgan fingerprint density at radius 1 is 1.07 bits per heavy atom. The fourth-order valence-corrected chi connectivity index (χ4v) is 3.20. The second-order valence-electron chi connectivity index (χ2n) is 6.93. The molecule has 0 aliphatic heterocycles. The summed E-state index contributed by atoms with van der Waals surface area (Å²) in [5.74, 6) is 1.58. The Bertz CT molecular complexity index is 1110. The number of hydrogen-bond donors (Lipinski definition) is 0. The van der Waals surface area contributed by atoms with Gasteiger partial charge in [0.2, 0.25) is 5.82 Å². The molecule has 5 rings (SSSR count). The highest BCUT2D eigenvalue weighted by Gasteiger charge is 2.26. The molecule has 7 heteroatoms. The third kappa shape index (κ3) is 3.11. The van der Waals surface area contributed by atoms with Crippen LogP contribution in [0.15, 0.2) is 59.5 Å². The topological polar surface area (TPSA) is 86.7 Å². The summed E-state index contributed by atoms with van der Waals surface area (Å²) in [5, 5.41) is 8.70. The summed E-state index contributed by atoms with van der Waals surface area (Å²) in [7, 11) is 0. The third-order valence-corrected chi connectivity index (χ3v) is 4.88. The first kappa shape index (κ1) is 16.6. The van der Waals surface area contributed by atoms with Crippen LogP contribution in [0.2, 0.25) is 0 Å². The fourth-order valence-electron chi connectivity index (χ4n) is 3.20. The van der Waals surface area contributed by atoms with Crippen LogP contribution < -0.4 is 0 Å². The molecule has 4 aromatic rings. The number of carbonyl (C=O) groups is 1. The molecular weight excluding hydrogens is 354 g/mol. The van der Waals surface area contributed by atoms with Gasteiger partial charge in [-0.3, -0.25) is 14.5 Å². The number of nitrogens with zero attached hydrogens (tertiary/aromatic N) is 5. The standard InChI is InChI=1S/C21H17N5O2/c27-13-15-3-5-17(6-4-15)20-24-21(28-25-20)18-11-23-26(12-14-1-2-14)19(18)16-7-9-22-10-8-16/h3-11,13-14H,1-2,12H2. The van der Waals surface area contributed by atoms with E-state index in [2.05, 4.69) is 20.2 Å². The van der Waals surface area contributed by atoms with E-state index in [1.807, 2.05) is 16.8 Å². The summed E-state index contributed by atoms with van der Waals surface area (Å²) < 4.78 is 7.58. The quantitative estimate of drug-likeness (QED) is 0.478. The van der Waals surface area contributed by atoms with Gasteiger partial charge in [-0.2, -0.15) is 10.1 Å². The van der Waals surface area contributed by atoms with E-state index < -0.39 is 0 Å². The van der Waals surface area contributed by atoms with Crippen molar-refractivity contribution in [2.24, 2.45) is 5.92 Å². The molecule has 0 amide bonds. The van der Waals surface area contributed by atoms with Gasteiger partial charge in [0.15, 0.2) is 0 Å². The van der Waals surface area contributed by atoms with Crippen molar-refractivity contribution in [2.75, 3.05) is 0 Å². The summed E-state index contributed by atoms with van der Waals surface area (Å²) in [5.41, 5.74) is 4.17. The van der Waals surface area contributed by atoms with Crippen LogP contribution in [0.3, 0.4) is 0 Å². The average Bonchev–Trinajstić information content (AvgIpc) is 3.26. The summed E-state index contributed by atoms with van der Waals surface area (Å²) in [4.78, 5) is 19.5. The number of pyridine rings is 1. The molecule has 138 valence electrons. The lowest BCUT2D eigenvalue weighted by Gasteiger charge is -2.08. The molecule has 0 saturated heterocycles. The highest BCUT2D eigenvalue weighted by atomic mass is 16.5. The van der Waals surface area contributed by atoms with Crippen molar-refractivity contribution in [2.45, 2.75) is 19.4 Å². The first-order valence-electron chi connectivity index (χ1n) is 9.18. The molecule has 0 bridgehead atoms. The molecule has 0 unspecified atom stereocenters. The molecule has 3 aromatic heterocycles. The molecule has 1 aliphatic carbocycles. The SMILES string of the molecule is O=Cc1ccc(-c2noc(-c3cnn(CC4CC4)c3-c3ccncc3)n2)cc1. The molecule has 0 radical (unpaired) electrons. The smallest absolute Gasteiger partial charge is 0.262 e. The van der Waals surface area contributed by atoms with Crippen molar-refractivity contribution in [3.05, 3.63) is 60.6 Å². The molecule has 3 heterocycles. The first-order chi connectivity index (χ1) is 13.8. The molecule has 0 atom stereocenters. The lowest BCUT2D eigenvalue weighted by molar-refractivity contribution is 0.112. The molecule has 28 heavy (non-hydrogen) atoms. The van der Waals surface area contributed by atoms with Gasteiger partial charge in [0.1, 0.15) is 6.29 Å². The average molecular weight is 371 g/mol. The molecule has 1 aromatic carbocycles. The van der Waals surface area contributed by atoms with Gasteiger partial charge in [0.05, 0.1) is 17.5 Å². The summed E-state index contributed by atoms with van der Waals surface area (Å²) in [6.45, 7) is 0.881. The zero-order valence-corrected chi connectivity index (χ0v) is 15.0. The Morgan fingerprint density at radius 3 is 2.57 bits per heavy atom. The molecule has 7 nitrogen and oxygen atoms in total. The maximum atomic E-state index is 10.8. The lowest BCUT2D eigenvalue weighted by atomic mass is 10.1. The number of rotatable bonds is 6. The maximum absolute atomic E-state index is 10.8. The number of hydrogen-bond acceptors (Lipinski definition) is 6. The maximum Gasteiger partial charge on any atom is 0.262 e. The van der Waals surface area contributed by atoms with Gasteiger partial charge in [0.25, 0.3) is 5.89 Å². The van der Waals surface area contributed by atoms with Crippen LogP contribution in [0.4, 0.5) is 0 Å². The van der Waals surface area contributed by atoms with Crippen LogP contribution in [0.1, 0.15) is 23.2 Å². The Labute approximate surface area is 161 Å². The Hall–Kier alpha value is -3.61. The van der Waals surface area contributed by atoms with Gasteiger partial charge in [-0.15, -0.1) is 0 Å². The van der Waals surface area contributed by atoms with Crippen LogP contribution in [0.25, 0.3) is 34.1 Å². The van der Waals surface area contributed by atoms with E-state index in [1.165, 1.54) is 12.8 Å². The van der Waals surface area contributed by atoms with E-state index in [1.54, 1.807) is 42.9 Å². The zero-order chi connectivity index (χ0) is 18.9. The number of carbonyl (C=O) groups excluding carboxylic acids is 1. The van der Waals surface area contributed by atoms with Crippen LogP contribution >= 0.6 is 0 Å². The van der Waals surface area contributed by atoms with Gasteiger partial charge in [-0.25, -0.2) is 0 Å². The molecule has 1 aliphatic rings. The molecule has 1 saturated carbocycles. The van der Waals surface area contributed by atoms with Crippen molar-refractivity contribution in [3.63, 3.8) is 0 Å². The van der Waals surface area contributed by atoms with Crippen molar-refractivity contribution >= 4 is 6.29 Å².